The molecular weight excluding hydrogens is 460 g/mol. The van der Waals surface area contributed by atoms with E-state index in [1.54, 1.807) is 12.4 Å². The maximum Gasteiger partial charge on any atom is 0.159 e. The Morgan fingerprint density at radius 2 is 0.946 bits per heavy atom. The summed E-state index contributed by atoms with van der Waals surface area (Å²) < 4.78 is 17.4. The first-order valence-corrected chi connectivity index (χ1v) is 14.2. The SMILES string of the molecule is CCCCCCCCOc1cnc(-c2ccc(OCCCCCCCCOc3ccccc3)cc2)nc1. The molecule has 1 aromatic heterocycles. The summed E-state index contributed by atoms with van der Waals surface area (Å²) in [4.78, 5) is 8.94. The van der Waals surface area contributed by atoms with Crippen LogP contribution in [0, 0.1) is 0 Å². The van der Waals surface area contributed by atoms with Gasteiger partial charge in [0.1, 0.15) is 11.5 Å². The van der Waals surface area contributed by atoms with Crippen molar-refractivity contribution in [2.45, 2.75) is 84.0 Å². The van der Waals surface area contributed by atoms with E-state index in [9.17, 15) is 0 Å². The van der Waals surface area contributed by atoms with Crippen LogP contribution in [0.2, 0.25) is 0 Å². The van der Waals surface area contributed by atoms with Gasteiger partial charge in [0.05, 0.1) is 32.2 Å². The monoisotopic (exact) mass is 504 g/mol. The highest BCUT2D eigenvalue weighted by atomic mass is 16.5. The minimum absolute atomic E-state index is 0.702. The first kappa shape index (κ1) is 28.5. The van der Waals surface area contributed by atoms with Crippen LogP contribution in [0.1, 0.15) is 84.0 Å². The summed E-state index contributed by atoms with van der Waals surface area (Å²) in [7, 11) is 0. The molecule has 0 aliphatic carbocycles. The maximum absolute atomic E-state index is 5.91. The largest absolute Gasteiger partial charge is 0.494 e. The van der Waals surface area contributed by atoms with Gasteiger partial charge >= 0.3 is 0 Å². The highest BCUT2D eigenvalue weighted by Gasteiger charge is 2.04. The molecule has 0 spiro atoms. The lowest BCUT2D eigenvalue weighted by atomic mass is 10.1. The second-order valence-corrected chi connectivity index (χ2v) is 9.51. The number of hydrogen-bond acceptors (Lipinski definition) is 5. The summed E-state index contributed by atoms with van der Waals surface area (Å²) in [5.74, 6) is 3.29. The standard InChI is InChI=1S/C32H44N2O3/c1-2-3-4-5-8-16-25-37-31-26-33-32(34-27-31)28-19-21-30(22-20-28)36-24-15-10-7-6-9-14-23-35-29-17-12-11-13-18-29/h11-13,17-22,26-27H,2-10,14-16,23-25H2,1H3. The Hall–Kier alpha value is -3.08. The van der Waals surface area contributed by atoms with Crippen LogP contribution in [-0.4, -0.2) is 29.8 Å². The van der Waals surface area contributed by atoms with Crippen molar-refractivity contribution in [2.24, 2.45) is 0 Å². The lowest BCUT2D eigenvalue weighted by Crippen LogP contribution is -1.99. The van der Waals surface area contributed by atoms with E-state index >= 15 is 0 Å². The van der Waals surface area contributed by atoms with Gasteiger partial charge in [-0.3, -0.25) is 0 Å². The smallest absolute Gasteiger partial charge is 0.159 e. The molecule has 3 rings (SSSR count). The summed E-state index contributed by atoms with van der Waals surface area (Å²) in [5, 5.41) is 0. The number of para-hydroxylation sites is 1. The van der Waals surface area contributed by atoms with Crippen LogP contribution in [0.5, 0.6) is 17.2 Å². The second kappa shape index (κ2) is 18.2. The molecule has 0 bridgehead atoms. The minimum Gasteiger partial charge on any atom is -0.494 e. The van der Waals surface area contributed by atoms with Gasteiger partial charge in [0.25, 0.3) is 0 Å². The molecule has 0 N–H and O–H groups in total. The van der Waals surface area contributed by atoms with E-state index in [2.05, 4.69) is 16.9 Å². The molecule has 2 aromatic carbocycles. The van der Waals surface area contributed by atoms with Gasteiger partial charge in [-0.15, -0.1) is 0 Å². The highest BCUT2D eigenvalue weighted by Crippen LogP contribution is 2.21. The van der Waals surface area contributed by atoms with Crippen molar-refractivity contribution in [1.29, 1.82) is 0 Å². The average molecular weight is 505 g/mol. The molecule has 0 saturated heterocycles. The molecule has 0 atom stereocenters. The molecule has 5 nitrogen and oxygen atoms in total. The van der Waals surface area contributed by atoms with Crippen molar-refractivity contribution < 1.29 is 14.2 Å². The number of benzene rings is 2. The quantitative estimate of drug-likeness (QED) is 0.144. The van der Waals surface area contributed by atoms with Crippen molar-refractivity contribution in [2.75, 3.05) is 19.8 Å². The van der Waals surface area contributed by atoms with Crippen LogP contribution in [0.15, 0.2) is 67.0 Å². The van der Waals surface area contributed by atoms with Crippen molar-refractivity contribution in [3.05, 3.63) is 67.0 Å². The third-order valence-corrected chi connectivity index (χ3v) is 6.33. The predicted molar refractivity (Wildman–Crippen MR) is 151 cm³/mol. The van der Waals surface area contributed by atoms with Gasteiger partial charge in [0.15, 0.2) is 11.6 Å². The van der Waals surface area contributed by atoms with Crippen LogP contribution in [0.25, 0.3) is 11.4 Å². The third-order valence-electron chi connectivity index (χ3n) is 6.33. The topological polar surface area (TPSA) is 53.5 Å². The molecule has 37 heavy (non-hydrogen) atoms. The van der Waals surface area contributed by atoms with E-state index in [1.165, 1.54) is 57.8 Å². The van der Waals surface area contributed by atoms with E-state index < -0.39 is 0 Å². The van der Waals surface area contributed by atoms with Gasteiger partial charge in [0.2, 0.25) is 0 Å². The summed E-state index contributed by atoms with van der Waals surface area (Å²) in [5.41, 5.74) is 0.978. The molecule has 200 valence electrons. The zero-order chi connectivity index (χ0) is 25.8. The van der Waals surface area contributed by atoms with Gasteiger partial charge in [-0.2, -0.15) is 0 Å². The second-order valence-electron chi connectivity index (χ2n) is 9.51. The normalized spacial score (nSPS) is 10.8. The molecule has 0 unspecified atom stereocenters. The van der Waals surface area contributed by atoms with Crippen LogP contribution >= 0.6 is 0 Å². The van der Waals surface area contributed by atoms with Gasteiger partial charge in [-0.05, 0) is 55.7 Å². The molecule has 0 saturated carbocycles. The maximum atomic E-state index is 5.91. The van der Waals surface area contributed by atoms with Gasteiger partial charge in [-0.1, -0.05) is 82.9 Å². The number of aromatic nitrogens is 2. The van der Waals surface area contributed by atoms with Gasteiger partial charge in [-0.25, -0.2) is 9.97 Å². The van der Waals surface area contributed by atoms with E-state index in [0.717, 1.165) is 61.9 Å². The fraction of sp³-hybridized carbons (Fsp3) is 0.500. The zero-order valence-electron chi connectivity index (χ0n) is 22.6. The Morgan fingerprint density at radius 3 is 1.49 bits per heavy atom. The van der Waals surface area contributed by atoms with Gasteiger partial charge < -0.3 is 14.2 Å². The molecule has 5 heteroatoms. The Labute approximate surface area is 223 Å². The first-order valence-electron chi connectivity index (χ1n) is 14.2. The fourth-order valence-electron chi connectivity index (χ4n) is 4.12. The highest BCUT2D eigenvalue weighted by molar-refractivity contribution is 5.56. The van der Waals surface area contributed by atoms with E-state index in [1.807, 2.05) is 54.6 Å². The molecule has 0 fully saturated rings. The number of nitrogens with zero attached hydrogens (tertiary/aromatic N) is 2. The Bertz CT molecular complexity index is 946. The van der Waals surface area contributed by atoms with Crippen molar-refractivity contribution in [3.63, 3.8) is 0 Å². The number of hydrogen-bond donors (Lipinski definition) is 0. The number of unbranched alkanes of at least 4 members (excludes halogenated alkanes) is 10. The van der Waals surface area contributed by atoms with Crippen molar-refractivity contribution in [3.8, 4) is 28.6 Å². The molecular formula is C32H44N2O3. The summed E-state index contributed by atoms with van der Waals surface area (Å²) >= 11 is 0. The van der Waals surface area contributed by atoms with E-state index in [4.69, 9.17) is 14.2 Å². The molecule has 0 amide bonds. The summed E-state index contributed by atoms with van der Waals surface area (Å²) in [6, 6.07) is 18.0. The minimum atomic E-state index is 0.702. The fourth-order valence-corrected chi connectivity index (χ4v) is 4.12. The zero-order valence-corrected chi connectivity index (χ0v) is 22.6. The predicted octanol–water partition coefficient (Wildman–Crippen LogP) is 8.68. The van der Waals surface area contributed by atoms with Crippen LogP contribution < -0.4 is 14.2 Å². The van der Waals surface area contributed by atoms with Crippen molar-refractivity contribution >= 4 is 0 Å². The Kier molecular flexibility index (Phi) is 14.0. The third kappa shape index (κ3) is 12.1. The first-order chi connectivity index (χ1) is 18.3. The summed E-state index contributed by atoms with van der Waals surface area (Å²) in [6.45, 7) is 4.51. The van der Waals surface area contributed by atoms with Crippen LogP contribution in [0.4, 0.5) is 0 Å². The molecule has 0 aliphatic heterocycles. The average Bonchev–Trinajstić information content (AvgIpc) is 2.95. The number of rotatable bonds is 20. The van der Waals surface area contributed by atoms with E-state index in [0.29, 0.717) is 5.82 Å². The van der Waals surface area contributed by atoms with Crippen LogP contribution in [0.3, 0.4) is 0 Å². The Balaban J connectivity index is 1.21. The lowest BCUT2D eigenvalue weighted by molar-refractivity contribution is 0.297. The summed E-state index contributed by atoms with van der Waals surface area (Å²) in [6.07, 6.45) is 18.1. The molecule has 3 aromatic rings. The molecule has 0 aliphatic rings. The Morgan fingerprint density at radius 1 is 0.486 bits per heavy atom. The molecule has 1 heterocycles. The lowest BCUT2D eigenvalue weighted by Gasteiger charge is -2.08. The van der Waals surface area contributed by atoms with E-state index in [-0.39, 0.29) is 0 Å². The van der Waals surface area contributed by atoms with Crippen LogP contribution in [-0.2, 0) is 0 Å². The van der Waals surface area contributed by atoms with Crippen molar-refractivity contribution in [1.82, 2.24) is 9.97 Å². The number of ether oxygens (including phenoxy) is 3. The molecule has 0 radical (unpaired) electrons. The van der Waals surface area contributed by atoms with Gasteiger partial charge in [0, 0.05) is 5.56 Å².